The molecule has 3 aromatic rings. The SMILES string of the molecule is [2H]C([2H])([2H])Oc1cc(-c2ccc(-c3cnc(N(C)[C@H]4C[C@@H]5CC[C@@H](N5)[C@H]4F)cn3)c(O)c2)cnn1. The van der Waals surface area contributed by atoms with Crippen LogP contribution in [0, 0.1) is 0 Å². The first-order chi connectivity index (χ1) is 16.7. The Bertz CT molecular complexity index is 1210. The van der Waals surface area contributed by atoms with Crippen LogP contribution < -0.4 is 15.0 Å². The molecule has 2 aliphatic rings. The Balaban J connectivity index is 1.33. The molecule has 0 spiro atoms. The Morgan fingerprint density at radius 1 is 1.19 bits per heavy atom. The van der Waals surface area contributed by atoms with Crippen LogP contribution in [0.1, 0.15) is 23.4 Å². The molecule has 5 rings (SSSR count). The van der Waals surface area contributed by atoms with Gasteiger partial charge in [0.05, 0.1) is 41.5 Å². The first-order valence-corrected chi connectivity index (χ1v) is 10.5. The number of anilines is 1. The standard InChI is InChI=1S/C23H25FN6O2/c1-30(19-9-15-4-6-17(28-15)23(19)24)21-12-25-18(11-26-21)16-5-3-13(7-20(16)31)14-8-22(32-2)29-27-10-14/h3,5,7-8,10-12,15,17,19,23,28,31H,4,6,9H2,1-2H3/t15-,17+,19-,23+/m0/s1/i2D3. The summed E-state index contributed by atoms with van der Waals surface area (Å²) >= 11 is 0. The van der Waals surface area contributed by atoms with E-state index in [1.54, 1.807) is 24.5 Å². The number of rotatable bonds is 5. The molecule has 2 aliphatic heterocycles. The number of benzene rings is 1. The highest BCUT2D eigenvalue weighted by molar-refractivity contribution is 5.74. The molecule has 0 radical (unpaired) electrons. The van der Waals surface area contributed by atoms with Crippen molar-refractivity contribution in [1.82, 2.24) is 25.5 Å². The zero-order chi connectivity index (χ0) is 24.7. The van der Waals surface area contributed by atoms with Gasteiger partial charge in [0.2, 0.25) is 5.88 Å². The molecule has 2 bridgehead atoms. The maximum Gasteiger partial charge on any atom is 0.233 e. The molecule has 9 heteroatoms. The number of aromatic hydroxyl groups is 1. The summed E-state index contributed by atoms with van der Waals surface area (Å²) in [6.07, 6.45) is 6.20. The average Bonchev–Trinajstić information content (AvgIpc) is 3.23. The van der Waals surface area contributed by atoms with E-state index in [0.717, 1.165) is 19.3 Å². The van der Waals surface area contributed by atoms with Crippen molar-refractivity contribution in [2.24, 2.45) is 0 Å². The Morgan fingerprint density at radius 2 is 2.09 bits per heavy atom. The highest BCUT2D eigenvalue weighted by atomic mass is 19.1. The van der Waals surface area contributed by atoms with Crippen LogP contribution in [0.25, 0.3) is 22.4 Å². The summed E-state index contributed by atoms with van der Waals surface area (Å²) in [5.74, 6) is 0.393. The van der Waals surface area contributed by atoms with Gasteiger partial charge < -0.3 is 20.1 Å². The number of halogens is 1. The van der Waals surface area contributed by atoms with Gasteiger partial charge in [-0.3, -0.25) is 4.98 Å². The molecule has 2 aromatic heterocycles. The molecule has 2 N–H and O–H groups in total. The van der Waals surface area contributed by atoms with Crippen molar-refractivity contribution in [3.63, 3.8) is 0 Å². The predicted molar refractivity (Wildman–Crippen MR) is 118 cm³/mol. The molecular formula is C23H25FN6O2. The lowest BCUT2D eigenvalue weighted by Crippen LogP contribution is -2.55. The predicted octanol–water partition coefficient (Wildman–Crippen LogP) is 2.98. The molecule has 0 unspecified atom stereocenters. The molecule has 1 aromatic carbocycles. The smallest absolute Gasteiger partial charge is 0.233 e. The monoisotopic (exact) mass is 439 g/mol. The molecule has 0 amide bonds. The van der Waals surface area contributed by atoms with E-state index in [4.69, 9.17) is 8.85 Å². The second-order valence-electron chi connectivity index (χ2n) is 8.28. The van der Waals surface area contributed by atoms with Crippen molar-refractivity contribution in [1.29, 1.82) is 0 Å². The van der Waals surface area contributed by atoms with Gasteiger partial charge in [0.25, 0.3) is 0 Å². The number of phenols is 1. The Kier molecular flexibility index (Phi) is 4.48. The van der Waals surface area contributed by atoms with Crippen LogP contribution >= 0.6 is 0 Å². The number of phenolic OH excluding ortho intramolecular Hbond substituents is 1. The van der Waals surface area contributed by atoms with E-state index in [1.165, 1.54) is 18.3 Å². The van der Waals surface area contributed by atoms with E-state index in [-0.39, 0.29) is 23.7 Å². The van der Waals surface area contributed by atoms with Crippen molar-refractivity contribution in [2.45, 2.75) is 43.6 Å². The fourth-order valence-electron chi connectivity index (χ4n) is 4.64. The Morgan fingerprint density at radius 3 is 2.88 bits per heavy atom. The Hall–Kier alpha value is -3.33. The van der Waals surface area contributed by atoms with Crippen molar-refractivity contribution in [3.8, 4) is 34.0 Å². The van der Waals surface area contributed by atoms with Crippen molar-refractivity contribution in [2.75, 3.05) is 19.0 Å². The quantitative estimate of drug-likeness (QED) is 0.626. The van der Waals surface area contributed by atoms with E-state index in [0.29, 0.717) is 34.2 Å². The van der Waals surface area contributed by atoms with Crippen LogP contribution in [0.4, 0.5) is 10.2 Å². The molecule has 4 atom stereocenters. The summed E-state index contributed by atoms with van der Waals surface area (Å²) in [5, 5.41) is 21.4. The molecular weight excluding hydrogens is 411 g/mol. The number of hydrogen-bond acceptors (Lipinski definition) is 8. The van der Waals surface area contributed by atoms with Gasteiger partial charge in [-0.05, 0) is 37.0 Å². The van der Waals surface area contributed by atoms with Gasteiger partial charge in [0.1, 0.15) is 17.7 Å². The van der Waals surface area contributed by atoms with E-state index in [9.17, 15) is 9.50 Å². The largest absolute Gasteiger partial charge is 0.507 e. The molecule has 166 valence electrons. The van der Waals surface area contributed by atoms with Crippen LogP contribution in [-0.2, 0) is 0 Å². The second-order valence-corrected chi connectivity index (χ2v) is 8.28. The second kappa shape index (κ2) is 8.31. The lowest BCUT2D eigenvalue weighted by Gasteiger charge is -2.38. The minimum absolute atomic E-state index is 0.0354. The maximum absolute atomic E-state index is 14.9. The van der Waals surface area contributed by atoms with Gasteiger partial charge in [0.15, 0.2) is 0 Å². The zero-order valence-corrected chi connectivity index (χ0v) is 17.4. The third-order valence-electron chi connectivity index (χ3n) is 6.39. The van der Waals surface area contributed by atoms with Gasteiger partial charge in [-0.2, -0.15) is 5.10 Å². The van der Waals surface area contributed by atoms with Crippen LogP contribution in [0.5, 0.6) is 11.6 Å². The fourth-order valence-corrected chi connectivity index (χ4v) is 4.64. The van der Waals surface area contributed by atoms with E-state index in [2.05, 4.69) is 25.5 Å². The summed E-state index contributed by atoms with van der Waals surface area (Å²) in [6.45, 7) is 0. The van der Waals surface area contributed by atoms with Gasteiger partial charge in [-0.15, -0.1) is 5.10 Å². The van der Waals surface area contributed by atoms with Crippen molar-refractivity contribution < 1.29 is 18.3 Å². The van der Waals surface area contributed by atoms with E-state index < -0.39 is 13.2 Å². The van der Waals surface area contributed by atoms with Crippen LogP contribution in [-0.4, -0.2) is 63.7 Å². The lowest BCUT2D eigenvalue weighted by molar-refractivity contribution is 0.176. The van der Waals surface area contributed by atoms with Crippen molar-refractivity contribution in [3.05, 3.63) is 42.9 Å². The Labute approximate surface area is 189 Å². The van der Waals surface area contributed by atoms with E-state index in [1.807, 2.05) is 11.9 Å². The number of nitrogens with zero attached hydrogens (tertiary/aromatic N) is 5. The normalized spacial score (nSPS) is 26.1. The van der Waals surface area contributed by atoms with Gasteiger partial charge in [-0.25, -0.2) is 9.37 Å². The van der Waals surface area contributed by atoms with Gasteiger partial charge in [-0.1, -0.05) is 6.07 Å². The van der Waals surface area contributed by atoms with Crippen LogP contribution in [0.2, 0.25) is 0 Å². The minimum Gasteiger partial charge on any atom is -0.507 e. The number of piperidine rings is 1. The van der Waals surface area contributed by atoms with Crippen LogP contribution in [0.3, 0.4) is 0 Å². The summed E-state index contributed by atoms with van der Waals surface area (Å²) in [4.78, 5) is 10.8. The summed E-state index contributed by atoms with van der Waals surface area (Å²) in [6, 6.07) is 6.37. The average molecular weight is 440 g/mol. The summed E-state index contributed by atoms with van der Waals surface area (Å²) in [5.41, 5.74) is 2.06. The first-order valence-electron chi connectivity index (χ1n) is 12.0. The fraction of sp³-hybridized carbons (Fsp3) is 0.391. The first kappa shape index (κ1) is 17.3. The number of alkyl halides is 1. The molecule has 2 fully saturated rings. The summed E-state index contributed by atoms with van der Waals surface area (Å²) in [7, 11) is -0.804. The molecule has 2 saturated heterocycles. The topological polar surface area (TPSA) is 96.3 Å². The number of methoxy groups -OCH3 is 1. The van der Waals surface area contributed by atoms with Gasteiger partial charge >= 0.3 is 0 Å². The number of aromatic nitrogens is 4. The number of hydrogen-bond donors (Lipinski definition) is 2. The molecule has 4 heterocycles. The number of fused-ring (bicyclic) bond motifs is 2. The lowest BCUT2D eigenvalue weighted by atomic mass is 9.96. The summed E-state index contributed by atoms with van der Waals surface area (Å²) < 4.78 is 41.3. The highest BCUT2D eigenvalue weighted by Crippen LogP contribution is 2.35. The number of ether oxygens (including phenoxy) is 1. The highest BCUT2D eigenvalue weighted by Gasteiger charge is 2.43. The van der Waals surface area contributed by atoms with E-state index >= 15 is 0 Å². The maximum atomic E-state index is 14.9. The molecule has 0 saturated carbocycles. The molecule has 8 nitrogen and oxygen atoms in total. The zero-order valence-electron chi connectivity index (χ0n) is 20.4. The number of nitrogens with one attached hydrogen (secondary N) is 1. The van der Waals surface area contributed by atoms with Crippen molar-refractivity contribution >= 4 is 5.82 Å². The molecule has 32 heavy (non-hydrogen) atoms. The van der Waals surface area contributed by atoms with Gasteiger partial charge in [0, 0.05) is 36.3 Å². The third-order valence-corrected chi connectivity index (χ3v) is 6.39. The molecule has 0 aliphatic carbocycles. The van der Waals surface area contributed by atoms with Crippen LogP contribution in [0.15, 0.2) is 42.9 Å². The minimum atomic E-state index is -2.64. The third kappa shape index (κ3) is 3.73.